The largest absolute Gasteiger partial charge is 0.481 e. The molecule has 0 heterocycles. The van der Waals surface area contributed by atoms with E-state index in [2.05, 4.69) is 4.89 Å². The highest BCUT2D eigenvalue weighted by atomic mass is 17.1. The Bertz CT molecular complexity index is 242. The summed E-state index contributed by atoms with van der Waals surface area (Å²) in [7, 11) is 0. The maximum Gasteiger partial charge on any atom is 0.345 e. The first kappa shape index (κ1) is 10.9. The van der Waals surface area contributed by atoms with Crippen molar-refractivity contribution < 1.29 is 24.8 Å². The van der Waals surface area contributed by atoms with E-state index in [4.69, 9.17) is 16.1 Å². The topological polar surface area (TPSA) is 110 Å². The molecule has 0 aliphatic heterocycles. The zero-order valence-corrected chi connectivity index (χ0v) is 7.55. The van der Waals surface area contributed by atoms with E-state index in [1.54, 1.807) is 0 Å². The number of nitrogens with two attached hydrogens (primary N) is 1. The van der Waals surface area contributed by atoms with Crippen LogP contribution in [0.5, 0.6) is 0 Å². The zero-order chi connectivity index (χ0) is 10.7. The molecule has 1 saturated carbocycles. The lowest BCUT2D eigenvalue weighted by Crippen LogP contribution is -2.39. The summed E-state index contributed by atoms with van der Waals surface area (Å²) < 4.78 is 0. The summed E-state index contributed by atoms with van der Waals surface area (Å²) in [6.45, 7) is 0. The Morgan fingerprint density at radius 2 is 1.79 bits per heavy atom. The molecule has 3 atom stereocenters. The fraction of sp³-hybridized carbons (Fsp3) is 0.750. The Kier molecular flexibility index (Phi) is 3.43. The quantitative estimate of drug-likeness (QED) is 0.424. The van der Waals surface area contributed by atoms with Gasteiger partial charge in [0.25, 0.3) is 0 Å². The smallest absolute Gasteiger partial charge is 0.345 e. The van der Waals surface area contributed by atoms with E-state index < -0.39 is 23.8 Å². The lowest BCUT2D eigenvalue weighted by Gasteiger charge is -2.28. The molecule has 4 N–H and O–H groups in total. The maximum absolute atomic E-state index is 11.0. The van der Waals surface area contributed by atoms with Gasteiger partial charge in [-0.15, -0.1) is 0 Å². The summed E-state index contributed by atoms with van der Waals surface area (Å²) in [5.41, 5.74) is 5.59. The zero-order valence-electron chi connectivity index (χ0n) is 7.55. The Hall–Kier alpha value is -1.14. The van der Waals surface area contributed by atoms with Gasteiger partial charge in [0, 0.05) is 6.04 Å². The van der Waals surface area contributed by atoms with Crippen molar-refractivity contribution in [2.24, 2.45) is 17.6 Å². The average Bonchev–Trinajstić information content (AvgIpc) is 2.15. The van der Waals surface area contributed by atoms with Gasteiger partial charge in [0.15, 0.2) is 0 Å². The Balaban J connectivity index is 2.62. The van der Waals surface area contributed by atoms with Gasteiger partial charge in [0.05, 0.1) is 11.8 Å². The van der Waals surface area contributed by atoms with Crippen molar-refractivity contribution in [3.63, 3.8) is 0 Å². The molecule has 0 bridgehead atoms. The Morgan fingerprint density at radius 1 is 1.21 bits per heavy atom. The molecule has 80 valence electrons. The third-order valence-corrected chi connectivity index (χ3v) is 2.52. The fourth-order valence-corrected chi connectivity index (χ4v) is 1.83. The van der Waals surface area contributed by atoms with E-state index in [-0.39, 0.29) is 12.5 Å². The molecule has 0 aromatic rings. The first-order valence-corrected chi connectivity index (χ1v) is 4.38. The summed E-state index contributed by atoms with van der Waals surface area (Å²) in [6, 6.07) is -0.325. The van der Waals surface area contributed by atoms with Crippen LogP contribution in [-0.4, -0.2) is 28.3 Å². The van der Waals surface area contributed by atoms with Crippen LogP contribution in [-0.2, 0) is 14.5 Å². The van der Waals surface area contributed by atoms with Crippen molar-refractivity contribution in [3.8, 4) is 0 Å². The first-order chi connectivity index (χ1) is 6.54. The standard InChI is InChI=1S/C8H13NO5/c9-6-2-4(7(10)11)1-5(3-6)8(12)14-13/h4-6,13H,1-3,9H2,(H,10,11). The molecule has 0 spiro atoms. The molecule has 1 fully saturated rings. The minimum Gasteiger partial charge on any atom is -0.481 e. The molecule has 0 aromatic heterocycles. The second kappa shape index (κ2) is 4.39. The molecule has 1 rings (SSSR count). The lowest BCUT2D eigenvalue weighted by molar-refractivity contribution is -0.240. The van der Waals surface area contributed by atoms with Gasteiger partial charge in [-0.25, -0.2) is 4.79 Å². The SMILES string of the molecule is NC1CC(C(=O)O)CC(C(=O)OO)C1. The van der Waals surface area contributed by atoms with E-state index in [0.29, 0.717) is 12.8 Å². The van der Waals surface area contributed by atoms with Gasteiger partial charge in [0.2, 0.25) is 0 Å². The highest BCUT2D eigenvalue weighted by Gasteiger charge is 2.35. The number of rotatable bonds is 2. The number of carbonyl (C=O) groups is 2. The van der Waals surface area contributed by atoms with Crippen LogP contribution in [0.4, 0.5) is 0 Å². The van der Waals surface area contributed by atoms with E-state index >= 15 is 0 Å². The van der Waals surface area contributed by atoms with Crippen LogP contribution in [0.2, 0.25) is 0 Å². The van der Waals surface area contributed by atoms with Crippen molar-refractivity contribution in [2.45, 2.75) is 25.3 Å². The normalized spacial score (nSPS) is 32.3. The van der Waals surface area contributed by atoms with Crippen LogP contribution in [0.1, 0.15) is 19.3 Å². The fourth-order valence-electron chi connectivity index (χ4n) is 1.83. The number of carbonyl (C=O) groups excluding carboxylic acids is 1. The number of carboxylic acid groups (broad SMARTS) is 1. The number of aliphatic carboxylic acids is 1. The number of carboxylic acids is 1. The highest BCUT2D eigenvalue weighted by molar-refractivity contribution is 5.75. The monoisotopic (exact) mass is 203 g/mol. The van der Waals surface area contributed by atoms with Crippen LogP contribution in [0.15, 0.2) is 0 Å². The second-order valence-electron chi connectivity index (χ2n) is 3.61. The molecule has 0 amide bonds. The van der Waals surface area contributed by atoms with E-state index in [1.165, 1.54) is 0 Å². The summed E-state index contributed by atoms with van der Waals surface area (Å²) in [5, 5.41) is 16.9. The van der Waals surface area contributed by atoms with Gasteiger partial charge in [-0.1, -0.05) is 0 Å². The van der Waals surface area contributed by atoms with Crippen LogP contribution in [0.25, 0.3) is 0 Å². The molecule has 1 aliphatic carbocycles. The van der Waals surface area contributed by atoms with Crippen LogP contribution < -0.4 is 5.73 Å². The van der Waals surface area contributed by atoms with Crippen LogP contribution in [0, 0.1) is 11.8 Å². The summed E-state index contributed by atoms with van der Waals surface area (Å²) in [4.78, 5) is 25.2. The average molecular weight is 203 g/mol. The van der Waals surface area contributed by atoms with Crippen molar-refractivity contribution in [3.05, 3.63) is 0 Å². The van der Waals surface area contributed by atoms with Gasteiger partial charge in [-0.05, 0) is 19.3 Å². The van der Waals surface area contributed by atoms with Crippen LogP contribution >= 0.6 is 0 Å². The van der Waals surface area contributed by atoms with Gasteiger partial charge < -0.3 is 15.7 Å². The van der Waals surface area contributed by atoms with Gasteiger partial charge >= 0.3 is 11.9 Å². The predicted octanol–water partition coefficient (Wildman–Crippen LogP) is -0.169. The second-order valence-corrected chi connectivity index (χ2v) is 3.61. The lowest BCUT2D eigenvalue weighted by atomic mass is 9.79. The molecule has 1 aliphatic rings. The van der Waals surface area contributed by atoms with Crippen molar-refractivity contribution >= 4 is 11.9 Å². The molecule has 6 heteroatoms. The summed E-state index contributed by atoms with van der Waals surface area (Å²) >= 11 is 0. The minimum absolute atomic E-state index is 0.183. The summed E-state index contributed by atoms with van der Waals surface area (Å²) in [6.07, 6.45) is 0.913. The number of hydrogen-bond donors (Lipinski definition) is 3. The van der Waals surface area contributed by atoms with Crippen molar-refractivity contribution in [1.82, 2.24) is 0 Å². The third-order valence-electron chi connectivity index (χ3n) is 2.52. The van der Waals surface area contributed by atoms with Crippen LogP contribution in [0.3, 0.4) is 0 Å². The van der Waals surface area contributed by atoms with Gasteiger partial charge in [-0.2, -0.15) is 5.26 Å². The van der Waals surface area contributed by atoms with Gasteiger partial charge in [-0.3, -0.25) is 4.79 Å². The maximum atomic E-state index is 11.0. The molecule has 6 nitrogen and oxygen atoms in total. The molecule has 0 radical (unpaired) electrons. The minimum atomic E-state index is -0.962. The molecule has 3 unspecified atom stereocenters. The molecule has 14 heavy (non-hydrogen) atoms. The number of hydrogen-bond acceptors (Lipinski definition) is 5. The van der Waals surface area contributed by atoms with E-state index in [0.717, 1.165) is 0 Å². The first-order valence-electron chi connectivity index (χ1n) is 4.38. The molecule has 0 saturated heterocycles. The Morgan fingerprint density at radius 3 is 2.29 bits per heavy atom. The van der Waals surface area contributed by atoms with Gasteiger partial charge in [0.1, 0.15) is 0 Å². The van der Waals surface area contributed by atoms with E-state index in [9.17, 15) is 9.59 Å². The molecular weight excluding hydrogens is 190 g/mol. The van der Waals surface area contributed by atoms with Crippen molar-refractivity contribution in [1.29, 1.82) is 0 Å². The van der Waals surface area contributed by atoms with E-state index in [1.807, 2.05) is 0 Å². The predicted molar refractivity (Wildman–Crippen MR) is 45.2 cm³/mol. The van der Waals surface area contributed by atoms with Crippen molar-refractivity contribution in [2.75, 3.05) is 0 Å². The summed E-state index contributed by atoms with van der Waals surface area (Å²) in [5.74, 6) is -2.99. The third kappa shape index (κ3) is 2.43. The molecule has 0 aromatic carbocycles. The molecular formula is C8H13NO5. The highest BCUT2D eigenvalue weighted by Crippen LogP contribution is 2.29. The Labute approximate surface area is 80.6 Å².